The van der Waals surface area contributed by atoms with Gasteiger partial charge in [-0.2, -0.15) is 0 Å². The van der Waals surface area contributed by atoms with Crippen LogP contribution in [0.3, 0.4) is 0 Å². The van der Waals surface area contributed by atoms with Crippen molar-refractivity contribution in [2.75, 3.05) is 20.1 Å². The summed E-state index contributed by atoms with van der Waals surface area (Å²) >= 11 is 0. The normalized spacial score (nSPS) is 28.8. The molecule has 98 valence electrons. The second-order valence-corrected chi connectivity index (χ2v) is 4.67. The van der Waals surface area contributed by atoms with Crippen LogP contribution < -0.4 is 10.6 Å². The molecule has 2 atom stereocenters. The molecule has 2 fully saturated rings. The summed E-state index contributed by atoms with van der Waals surface area (Å²) in [7, 11) is 1.79. The van der Waals surface area contributed by atoms with Gasteiger partial charge in [0.1, 0.15) is 0 Å². The van der Waals surface area contributed by atoms with E-state index < -0.39 is 0 Å². The highest BCUT2D eigenvalue weighted by Gasteiger charge is 2.27. The number of nitrogens with zero attached hydrogens (tertiary/aromatic N) is 1. The predicted octanol–water partition coefficient (Wildman–Crippen LogP) is -0.103. The highest BCUT2D eigenvalue weighted by molar-refractivity contribution is 5.85. The van der Waals surface area contributed by atoms with Gasteiger partial charge in [-0.05, 0) is 25.8 Å². The fourth-order valence-electron chi connectivity index (χ4n) is 2.34. The minimum absolute atomic E-state index is 0. The maximum Gasteiger partial charge on any atom is 0.237 e. The van der Waals surface area contributed by atoms with Crippen molar-refractivity contribution < 1.29 is 9.59 Å². The third kappa shape index (κ3) is 3.57. The van der Waals surface area contributed by atoms with Gasteiger partial charge in [0.15, 0.2) is 0 Å². The number of amides is 2. The predicted molar refractivity (Wildman–Crippen MR) is 67.1 cm³/mol. The molecule has 0 spiro atoms. The Balaban J connectivity index is 0.00000144. The molecule has 0 aliphatic carbocycles. The van der Waals surface area contributed by atoms with Crippen LogP contribution in [-0.4, -0.2) is 48.9 Å². The molecular formula is C11H20ClN3O2. The molecule has 2 aliphatic heterocycles. The van der Waals surface area contributed by atoms with Crippen LogP contribution >= 0.6 is 12.4 Å². The number of nitrogens with one attached hydrogen (secondary N) is 2. The average molecular weight is 262 g/mol. The standard InChI is InChI=1S/C11H19N3O2.ClH/c1-14-7-8(4-5-10(14)15)13-11(16)9-3-2-6-12-9;/h8-9,12H,2-7H2,1H3,(H,13,16);1H/t8?,9-;/m0./s1. The van der Waals surface area contributed by atoms with Crippen molar-refractivity contribution >= 4 is 24.2 Å². The molecule has 0 bridgehead atoms. The number of hydrogen-bond acceptors (Lipinski definition) is 3. The third-order valence-electron chi connectivity index (χ3n) is 3.35. The van der Waals surface area contributed by atoms with Gasteiger partial charge in [-0.1, -0.05) is 0 Å². The number of carbonyl (C=O) groups excluding carboxylic acids is 2. The van der Waals surface area contributed by atoms with Crippen molar-refractivity contribution in [3.05, 3.63) is 0 Å². The highest BCUT2D eigenvalue weighted by Crippen LogP contribution is 2.11. The van der Waals surface area contributed by atoms with E-state index in [-0.39, 0.29) is 36.3 Å². The minimum Gasteiger partial charge on any atom is -0.350 e. The Morgan fingerprint density at radius 3 is 2.82 bits per heavy atom. The summed E-state index contributed by atoms with van der Waals surface area (Å²) in [5.74, 6) is 0.259. The van der Waals surface area contributed by atoms with Crippen molar-refractivity contribution in [1.29, 1.82) is 0 Å². The van der Waals surface area contributed by atoms with Crippen molar-refractivity contribution in [1.82, 2.24) is 15.5 Å². The van der Waals surface area contributed by atoms with Crippen molar-refractivity contribution in [3.63, 3.8) is 0 Å². The fraction of sp³-hybridized carbons (Fsp3) is 0.818. The lowest BCUT2D eigenvalue weighted by Gasteiger charge is -2.30. The first kappa shape index (κ1) is 14.3. The molecular weight excluding hydrogens is 242 g/mol. The Morgan fingerprint density at radius 1 is 1.47 bits per heavy atom. The van der Waals surface area contributed by atoms with Crippen LogP contribution in [0, 0.1) is 0 Å². The Labute approximate surface area is 108 Å². The molecule has 0 radical (unpaired) electrons. The summed E-state index contributed by atoms with van der Waals surface area (Å²) in [6.45, 7) is 1.57. The summed E-state index contributed by atoms with van der Waals surface area (Å²) in [4.78, 5) is 24.8. The lowest BCUT2D eigenvalue weighted by atomic mass is 10.0. The second kappa shape index (κ2) is 6.21. The van der Waals surface area contributed by atoms with Crippen LogP contribution in [0.2, 0.25) is 0 Å². The Hall–Kier alpha value is -0.810. The first-order valence-electron chi connectivity index (χ1n) is 5.94. The van der Waals surface area contributed by atoms with E-state index in [0.717, 1.165) is 25.8 Å². The Morgan fingerprint density at radius 2 is 2.24 bits per heavy atom. The summed E-state index contributed by atoms with van der Waals surface area (Å²) in [6, 6.07) is 0.0977. The molecule has 2 amide bonds. The van der Waals surface area contributed by atoms with E-state index in [4.69, 9.17) is 0 Å². The second-order valence-electron chi connectivity index (χ2n) is 4.67. The zero-order valence-corrected chi connectivity index (χ0v) is 10.9. The maximum absolute atomic E-state index is 11.8. The third-order valence-corrected chi connectivity index (χ3v) is 3.35. The molecule has 6 heteroatoms. The van der Waals surface area contributed by atoms with Gasteiger partial charge in [-0.3, -0.25) is 9.59 Å². The van der Waals surface area contributed by atoms with Crippen LogP contribution in [0.15, 0.2) is 0 Å². The topological polar surface area (TPSA) is 61.4 Å². The van der Waals surface area contributed by atoms with Crippen LogP contribution in [0.4, 0.5) is 0 Å². The number of piperidine rings is 1. The molecule has 5 nitrogen and oxygen atoms in total. The van der Waals surface area contributed by atoms with Crippen LogP contribution in [-0.2, 0) is 9.59 Å². The molecule has 0 aromatic heterocycles. The highest BCUT2D eigenvalue weighted by atomic mass is 35.5. The maximum atomic E-state index is 11.8. The molecule has 0 saturated carbocycles. The fourth-order valence-corrected chi connectivity index (χ4v) is 2.34. The van der Waals surface area contributed by atoms with Crippen LogP contribution in [0.25, 0.3) is 0 Å². The number of carbonyl (C=O) groups is 2. The molecule has 0 aromatic rings. The average Bonchev–Trinajstić information content (AvgIpc) is 2.77. The zero-order valence-electron chi connectivity index (χ0n) is 10.1. The lowest BCUT2D eigenvalue weighted by molar-refractivity contribution is -0.134. The SMILES string of the molecule is CN1CC(NC(=O)[C@@H]2CCCN2)CCC1=O.Cl. The summed E-state index contributed by atoms with van der Waals surface area (Å²) in [6.07, 6.45) is 3.30. The number of likely N-dealkylation sites (tertiary alicyclic amines) is 1. The van der Waals surface area contributed by atoms with Gasteiger partial charge in [0, 0.05) is 26.1 Å². The van der Waals surface area contributed by atoms with E-state index in [0.29, 0.717) is 13.0 Å². The zero-order chi connectivity index (χ0) is 11.5. The molecule has 0 aromatic carbocycles. The van der Waals surface area contributed by atoms with E-state index in [9.17, 15) is 9.59 Å². The van der Waals surface area contributed by atoms with Gasteiger partial charge in [-0.25, -0.2) is 0 Å². The first-order valence-corrected chi connectivity index (χ1v) is 5.94. The molecule has 2 N–H and O–H groups in total. The van der Waals surface area contributed by atoms with Gasteiger partial charge < -0.3 is 15.5 Å². The van der Waals surface area contributed by atoms with Gasteiger partial charge in [0.05, 0.1) is 6.04 Å². The van der Waals surface area contributed by atoms with Gasteiger partial charge in [0.2, 0.25) is 11.8 Å². The van der Waals surface area contributed by atoms with Crippen molar-refractivity contribution in [3.8, 4) is 0 Å². The number of likely N-dealkylation sites (N-methyl/N-ethyl adjacent to an activating group) is 1. The quantitative estimate of drug-likeness (QED) is 0.730. The van der Waals surface area contributed by atoms with E-state index >= 15 is 0 Å². The summed E-state index contributed by atoms with van der Waals surface area (Å²) in [5, 5.41) is 6.19. The molecule has 17 heavy (non-hydrogen) atoms. The van der Waals surface area contributed by atoms with Gasteiger partial charge >= 0.3 is 0 Å². The van der Waals surface area contributed by atoms with Crippen molar-refractivity contribution in [2.45, 2.75) is 37.8 Å². The Kier molecular flexibility index (Phi) is 5.21. The number of hydrogen-bond donors (Lipinski definition) is 2. The largest absolute Gasteiger partial charge is 0.350 e. The Bertz CT molecular complexity index is 292. The smallest absolute Gasteiger partial charge is 0.237 e. The lowest BCUT2D eigenvalue weighted by Crippen LogP contribution is -2.52. The molecule has 2 rings (SSSR count). The summed E-state index contributed by atoms with van der Waals surface area (Å²) in [5.41, 5.74) is 0. The van der Waals surface area contributed by atoms with E-state index in [1.165, 1.54) is 0 Å². The molecule has 2 saturated heterocycles. The van der Waals surface area contributed by atoms with E-state index in [2.05, 4.69) is 10.6 Å². The summed E-state index contributed by atoms with van der Waals surface area (Å²) < 4.78 is 0. The van der Waals surface area contributed by atoms with Crippen molar-refractivity contribution in [2.24, 2.45) is 0 Å². The van der Waals surface area contributed by atoms with E-state index in [1.54, 1.807) is 11.9 Å². The molecule has 1 unspecified atom stereocenters. The first-order chi connectivity index (χ1) is 7.66. The van der Waals surface area contributed by atoms with Crippen LogP contribution in [0.5, 0.6) is 0 Å². The monoisotopic (exact) mass is 261 g/mol. The van der Waals surface area contributed by atoms with Gasteiger partial charge in [0.25, 0.3) is 0 Å². The van der Waals surface area contributed by atoms with Crippen LogP contribution in [0.1, 0.15) is 25.7 Å². The molecule has 2 aliphatic rings. The number of rotatable bonds is 2. The number of halogens is 1. The molecule has 2 heterocycles. The van der Waals surface area contributed by atoms with E-state index in [1.807, 2.05) is 0 Å². The minimum atomic E-state index is -0.0251. The van der Waals surface area contributed by atoms with Gasteiger partial charge in [-0.15, -0.1) is 12.4 Å².